The SMILES string of the molecule is NNCCc1cc(Cl)cc(Cl)c1. The summed E-state index contributed by atoms with van der Waals surface area (Å²) in [5.74, 6) is 5.14. The van der Waals surface area contributed by atoms with Crippen molar-refractivity contribution in [2.75, 3.05) is 6.54 Å². The molecule has 0 unspecified atom stereocenters. The summed E-state index contributed by atoms with van der Waals surface area (Å²) in [5.41, 5.74) is 3.66. The van der Waals surface area contributed by atoms with Crippen LogP contribution in [0, 0.1) is 0 Å². The van der Waals surface area contributed by atoms with Crippen molar-refractivity contribution in [1.29, 1.82) is 0 Å². The molecule has 0 fully saturated rings. The highest BCUT2D eigenvalue weighted by Gasteiger charge is 1.96. The highest BCUT2D eigenvalue weighted by molar-refractivity contribution is 6.34. The fourth-order valence-corrected chi connectivity index (χ4v) is 1.54. The van der Waals surface area contributed by atoms with Gasteiger partial charge in [-0.3, -0.25) is 11.3 Å². The molecule has 1 aromatic rings. The lowest BCUT2D eigenvalue weighted by Crippen LogP contribution is -2.24. The Morgan fingerprint density at radius 3 is 2.25 bits per heavy atom. The molecule has 0 atom stereocenters. The van der Waals surface area contributed by atoms with Crippen LogP contribution in [0.1, 0.15) is 5.56 Å². The smallest absolute Gasteiger partial charge is 0.0423 e. The number of hydrazine groups is 1. The third-order valence-corrected chi connectivity index (χ3v) is 1.92. The summed E-state index contributed by atoms with van der Waals surface area (Å²) in [7, 11) is 0. The molecule has 0 aliphatic rings. The van der Waals surface area contributed by atoms with Crippen LogP contribution in [0.3, 0.4) is 0 Å². The summed E-state index contributed by atoms with van der Waals surface area (Å²) < 4.78 is 0. The van der Waals surface area contributed by atoms with Crippen molar-refractivity contribution in [3.05, 3.63) is 33.8 Å². The van der Waals surface area contributed by atoms with E-state index < -0.39 is 0 Å². The van der Waals surface area contributed by atoms with Crippen LogP contribution >= 0.6 is 23.2 Å². The quantitative estimate of drug-likeness (QED) is 0.585. The molecule has 0 bridgehead atoms. The number of halogens is 2. The maximum atomic E-state index is 5.79. The van der Waals surface area contributed by atoms with E-state index in [0.717, 1.165) is 18.5 Å². The molecule has 0 spiro atoms. The number of hydrogen-bond acceptors (Lipinski definition) is 2. The first-order valence-electron chi connectivity index (χ1n) is 3.61. The molecule has 2 nitrogen and oxygen atoms in total. The maximum absolute atomic E-state index is 5.79. The largest absolute Gasteiger partial charge is 0.271 e. The summed E-state index contributed by atoms with van der Waals surface area (Å²) >= 11 is 11.6. The standard InChI is InChI=1S/C8H10Cl2N2/c9-7-3-6(1-2-12-11)4-8(10)5-7/h3-5,12H,1-2,11H2. The predicted octanol–water partition coefficient (Wildman–Crippen LogP) is 2.00. The Labute approximate surface area is 81.6 Å². The summed E-state index contributed by atoms with van der Waals surface area (Å²) in [6.45, 7) is 0.719. The van der Waals surface area contributed by atoms with Gasteiger partial charge in [-0.15, -0.1) is 0 Å². The van der Waals surface area contributed by atoms with Crippen molar-refractivity contribution in [2.24, 2.45) is 5.84 Å². The second-order valence-electron chi connectivity index (χ2n) is 2.48. The Kier molecular flexibility index (Phi) is 3.82. The maximum Gasteiger partial charge on any atom is 0.0423 e. The highest BCUT2D eigenvalue weighted by Crippen LogP contribution is 2.18. The van der Waals surface area contributed by atoms with Gasteiger partial charge < -0.3 is 0 Å². The zero-order chi connectivity index (χ0) is 8.97. The van der Waals surface area contributed by atoms with Gasteiger partial charge in [-0.1, -0.05) is 23.2 Å². The number of rotatable bonds is 3. The monoisotopic (exact) mass is 204 g/mol. The molecule has 4 heteroatoms. The first-order chi connectivity index (χ1) is 5.72. The van der Waals surface area contributed by atoms with Gasteiger partial charge in [0, 0.05) is 16.6 Å². The topological polar surface area (TPSA) is 38.0 Å². The normalized spacial score (nSPS) is 10.2. The molecule has 0 amide bonds. The van der Waals surface area contributed by atoms with Crippen LogP contribution in [0.15, 0.2) is 18.2 Å². The molecular formula is C8H10Cl2N2. The average molecular weight is 205 g/mol. The van der Waals surface area contributed by atoms with Crippen LogP contribution < -0.4 is 11.3 Å². The molecule has 0 radical (unpaired) electrons. The van der Waals surface area contributed by atoms with Crippen LogP contribution in [0.4, 0.5) is 0 Å². The van der Waals surface area contributed by atoms with Crippen molar-refractivity contribution < 1.29 is 0 Å². The Balaban J connectivity index is 2.72. The molecule has 0 heterocycles. The van der Waals surface area contributed by atoms with Crippen molar-refractivity contribution in [3.8, 4) is 0 Å². The zero-order valence-corrected chi connectivity index (χ0v) is 7.99. The van der Waals surface area contributed by atoms with Gasteiger partial charge in [-0.2, -0.15) is 0 Å². The predicted molar refractivity (Wildman–Crippen MR) is 52.4 cm³/mol. The van der Waals surface area contributed by atoms with Crippen LogP contribution in [0.2, 0.25) is 10.0 Å². The van der Waals surface area contributed by atoms with Crippen molar-refractivity contribution in [2.45, 2.75) is 6.42 Å². The van der Waals surface area contributed by atoms with E-state index in [9.17, 15) is 0 Å². The molecule has 66 valence electrons. The third kappa shape index (κ3) is 2.99. The van der Waals surface area contributed by atoms with E-state index in [-0.39, 0.29) is 0 Å². The first kappa shape index (κ1) is 9.81. The Morgan fingerprint density at radius 1 is 1.17 bits per heavy atom. The van der Waals surface area contributed by atoms with E-state index in [1.807, 2.05) is 12.1 Å². The van der Waals surface area contributed by atoms with Crippen LogP contribution in [0.5, 0.6) is 0 Å². The summed E-state index contributed by atoms with van der Waals surface area (Å²) in [6.07, 6.45) is 0.830. The van der Waals surface area contributed by atoms with Gasteiger partial charge in [0.25, 0.3) is 0 Å². The van der Waals surface area contributed by atoms with Crippen molar-refractivity contribution >= 4 is 23.2 Å². The second kappa shape index (κ2) is 4.67. The minimum Gasteiger partial charge on any atom is -0.271 e. The van der Waals surface area contributed by atoms with E-state index in [0.29, 0.717) is 10.0 Å². The molecule has 1 rings (SSSR count). The molecule has 0 aliphatic carbocycles. The molecule has 0 saturated carbocycles. The number of nitrogens with one attached hydrogen (secondary N) is 1. The van der Waals surface area contributed by atoms with Gasteiger partial charge in [-0.05, 0) is 30.2 Å². The second-order valence-corrected chi connectivity index (χ2v) is 3.35. The van der Waals surface area contributed by atoms with E-state index in [1.54, 1.807) is 6.07 Å². The van der Waals surface area contributed by atoms with Gasteiger partial charge in [0.05, 0.1) is 0 Å². The summed E-state index contributed by atoms with van der Waals surface area (Å²) in [5, 5.41) is 1.32. The Morgan fingerprint density at radius 2 is 1.75 bits per heavy atom. The van der Waals surface area contributed by atoms with Gasteiger partial charge in [0.15, 0.2) is 0 Å². The molecule has 1 aromatic carbocycles. The molecular weight excluding hydrogens is 195 g/mol. The highest BCUT2D eigenvalue weighted by atomic mass is 35.5. The van der Waals surface area contributed by atoms with Crippen LogP contribution in [-0.2, 0) is 6.42 Å². The number of nitrogens with two attached hydrogens (primary N) is 1. The minimum absolute atomic E-state index is 0.662. The third-order valence-electron chi connectivity index (χ3n) is 1.48. The average Bonchev–Trinajstić information content (AvgIpc) is 1.99. The van der Waals surface area contributed by atoms with Crippen molar-refractivity contribution in [1.82, 2.24) is 5.43 Å². The van der Waals surface area contributed by atoms with Crippen molar-refractivity contribution in [3.63, 3.8) is 0 Å². The summed E-state index contributed by atoms with van der Waals surface area (Å²) in [4.78, 5) is 0. The fraction of sp³-hybridized carbons (Fsp3) is 0.250. The molecule has 12 heavy (non-hydrogen) atoms. The molecule has 0 aliphatic heterocycles. The Bertz CT molecular complexity index is 243. The fourth-order valence-electron chi connectivity index (χ4n) is 0.972. The van der Waals surface area contributed by atoms with Crippen LogP contribution in [-0.4, -0.2) is 6.54 Å². The lowest BCUT2D eigenvalue weighted by molar-refractivity contribution is 0.728. The number of benzene rings is 1. The van der Waals surface area contributed by atoms with Gasteiger partial charge in [-0.25, -0.2) is 0 Å². The number of hydrogen-bond donors (Lipinski definition) is 2. The lowest BCUT2D eigenvalue weighted by atomic mass is 10.1. The molecule has 0 aromatic heterocycles. The first-order valence-corrected chi connectivity index (χ1v) is 4.36. The Hall–Kier alpha value is -0.280. The van der Waals surface area contributed by atoms with E-state index in [2.05, 4.69) is 5.43 Å². The van der Waals surface area contributed by atoms with Crippen LogP contribution in [0.25, 0.3) is 0 Å². The minimum atomic E-state index is 0.662. The molecule has 3 N–H and O–H groups in total. The van der Waals surface area contributed by atoms with Gasteiger partial charge in [0.1, 0.15) is 0 Å². The zero-order valence-electron chi connectivity index (χ0n) is 6.48. The van der Waals surface area contributed by atoms with E-state index in [4.69, 9.17) is 29.0 Å². The lowest BCUT2D eigenvalue weighted by Gasteiger charge is -2.01. The summed E-state index contributed by atoms with van der Waals surface area (Å²) in [6, 6.07) is 5.47. The molecule has 0 saturated heterocycles. The van der Waals surface area contributed by atoms with Gasteiger partial charge in [0.2, 0.25) is 0 Å². The van der Waals surface area contributed by atoms with E-state index in [1.165, 1.54) is 0 Å². The van der Waals surface area contributed by atoms with Gasteiger partial charge >= 0.3 is 0 Å². The van der Waals surface area contributed by atoms with E-state index >= 15 is 0 Å².